The van der Waals surface area contributed by atoms with E-state index in [-0.39, 0.29) is 6.61 Å². The lowest BCUT2D eigenvalue weighted by atomic mass is 9.98. The van der Waals surface area contributed by atoms with Crippen LogP contribution in [0.25, 0.3) is 10.9 Å². The maximum atomic E-state index is 11.5. The average Bonchev–Trinajstić information content (AvgIpc) is 3.52. The van der Waals surface area contributed by atoms with Gasteiger partial charge in [0.25, 0.3) is 0 Å². The van der Waals surface area contributed by atoms with Gasteiger partial charge in [0.1, 0.15) is 6.29 Å². The third-order valence-corrected chi connectivity index (χ3v) is 6.31. The fraction of sp³-hybridized carbons (Fsp3) is 0.360. The number of aryl methyl sites for hydroxylation is 1. The Bertz CT molecular complexity index is 1140. The van der Waals surface area contributed by atoms with Crippen LogP contribution in [-0.4, -0.2) is 35.8 Å². The number of carbonyl (C=O) groups excluding carboxylic acids is 1. The van der Waals surface area contributed by atoms with Crippen molar-refractivity contribution < 1.29 is 9.90 Å². The van der Waals surface area contributed by atoms with Crippen LogP contribution in [0.1, 0.15) is 46.4 Å². The summed E-state index contributed by atoms with van der Waals surface area (Å²) < 4.78 is 2.33. The topological polar surface area (TPSA) is 57.8 Å². The second-order valence-corrected chi connectivity index (χ2v) is 8.62. The fourth-order valence-corrected chi connectivity index (χ4v) is 4.54. The smallest absolute Gasteiger partial charge is 0.150 e. The van der Waals surface area contributed by atoms with Crippen molar-refractivity contribution in [3.63, 3.8) is 0 Å². The monoisotopic (exact) mass is 401 g/mol. The zero-order chi connectivity index (χ0) is 20.7. The highest BCUT2D eigenvalue weighted by atomic mass is 16.3. The number of aliphatic imine (C=N–C) groups is 1. The van der Waals surface area contributed by atoms with Crippen molar-refractivity contribution in [2.75, 3.05) is 18.5 Å². The van der Waals surface area contributed by atoms with Gasteiger partial charge in [-0.25, -0.2) is 0 Å². The predicted octanol–water partition coefficient (Wildman–Crippen LogP) is 4.49. The van der Waals surface area contributed by atoms with Gasteiger partial charge in [-0.3, -0.25) is 9.79 Å². The molecular formula is C25H27N3O2. The van der Waals surface area contributed by atoms with Crippen molar-refractivity contribution in [1.29, 1.82) is 0 Å². The molecule has 1 N–H and O–H groups in total. The fourth-order valence-electron chi connectivity index (χ4n) is 4.54. The quantitative estimate of drug-likeness (QED) is 0.489. The van der Waals surface area contributed by atoms with E-state index in [1.165, 1.54) is 18.4 Å². The molecule has 1 aromatic heterocycles. The molecule has 0 radical (unpaired) electrons. The number of benzene rings is 2. The van der Waals surface area contributed by atoms with E-state index >= 15 is 0 Å². The summed E-state index contributed by atoms with van der Waals surface area (Å²) in [6, 6.07) is 12.2. The van der Waals surface area contributed by atoms with Gasteiger partial charge in [0.15, 0.2) is 0 Å². The molecule has 0 amide bonds. The van der Waals surface area contributed by atoms with Gasteiger partial charge in [-0.15, -0.1) is 0 Å². The van der Waals surface area contributed by atoms with Crippen LogP contribution in [0.15, 0.2) is 41.4 Å². The van der Waals surface area contributed by atoms with E-state index < -0.39 is 0 Å². The van der Waals surface area contributed by atoms with Gasteiger partial charge in [0.2, 0.25) is 0 Å². The van der Waals surface area contributed by atoms with Crippen LogP contribution in [0.3, 0.4) is 0 Å². The van der Waals surface area contributed by atoms with Gasteiger partial charge in [0.05, 0.1) is 29.9 Å². The summed E-state index contributed by atoms with van der Waals surface area (Å²) in [5, 5.41) is 10.7. The number of nitrogens with zero attached hydrogens (tertiary/aromatic N) is 3. The van der Waals surface area contributed by atoms with Gasteiger partial charge in [0, 0.05) is 36.6 Å². The number of fused-ring (bicyclic) bond motifs is 2. The summed E-state index contributed by atoms with van der Waals surface area (Å²) in [5.74, 6) is 0.725. The predicted molar refractivity (Wildman–Crippen MR) is 121 cm³/mol. The first-order valence-electron chi connectivity index (χ1n) is 10.8. The molecule has 30 heavy (non-hydrogen) atoms. The number of anilines is 1. The molecule has 0 unspecified atom stereocenters. The molecular weight excluding hydrogens is 374 g/mol. The number of hydrogen-bond acceptors (Lipinski definition) is 4. The van der Waals surface area contributed by atoms with Gasteiger partial charge >= 0.3 is 0 Å². The molecule has 2 heterocycles. The Hall–Kier alpha value is -2.92. The number of rotatable bonds is 6. The lowest BCUT2D eigenvalue weighted by Gasteiger charge is -2.29. The Balaban J connectivity index is 1.59. The van der Waals surface area contributed by atoms with Crippen LogP contribution in [0, 0.1) is 5.92 Å². The largest absolute Gasteiger partial charge is 0.392 e. The Morgan fingerprint density at radius 3 is 2.83 bits per heavy atom. The third-order valence-electron chi connectivity index (χ3n) is 6.31. The molecule has 1 fully saturated rings. The number of carbonyl (C=O) groups is 1. The van der Waals surface area contributed by atoms with Gasteiger partial charge in [-0.2, -0.15) is 0 Å². The van der Waals surface area contributed by atoms with Gasteiger partial charge in [-0.05, 0) is 67.0 Å². The summed E-state index contributed by atoms with van der Waals surface area (Å²) in [4.78, 5) is 18.6. The second-order valence-electron chi connectivity index (χ2n) is 8.62. The van der Waals surface area contributed by atoms with E-state index in [4.69, 9.17) is 4.99 Å². The number of hydrogen-bond donors (Lipinski definition) is 1. The van der Waals surface area contributed by atoms with Crippen LogP contribution in [0.5, 0.6) is 0 Å². The second kappa shape index (κ2) is 7.73. The van der Waals surface area contributed by atoms with Gasteiger partial charge < -0.3 is 14.6 Å². The maximum Gasteiger partial charge on any atom is 0.150 e. The molecule has 2 aliphatic rings. The van der Waals surface area contributed by atoms with Crippen molar-refractivity contribution in [2.24, 2.45) is 10.9 Å². The molecule has 1 aliphatic carbocycles. The Kier molecular flexibility index (Phi) is 4.91. The zero-order valence-electron chi connectivity index (χ0n) is 17.3. The number of aldehydes is 1. The summed E-state index contributed by atoms with van der Waals surface area (Å²) in [5.41, 5.74) is 7.02. The van der Waals surface area contributed by atoms with Crippen molar-refractivity contribution in [3.8, 4) is 0 Å². The molecule has 0 spiro atoms. The number of aliphatic hydroxyl groups is 1. The first-order valence-corrected chi connectivity index (χ1v) is 10.8. The molecule has 3 aromatic rings. The number of aromatic nitrogens is 1. The van der Waals surface area contributed by atoms with Crippen LogP contribution < -0.4 is 4.90 Å². The summed E-state index contributed by atoms with van der Waals surface area (Å²) >= 11 is 0. The minimum atomic E-state index is 0.0466. The van der Waals surface area contributed by atoms with E-state index in [2.05, 4.69) is 34.7 Å². The summed E-state index contributed by atoms with van der Waals surface area (Å²) in [7, 11) is 2.10. The highest BCUT2D eigenvalue weighted by molar-refractivity contribution is 5.93. The highest BCUT2D eigenvalue weighted by Crippen LogP contribution is 2.37. The zero-order valence-corrected chi connectivity index (χ0v) is 17.3. The first kappa shape index (κ1) is 19.1. The van der Waals surface area contributed by atoms with Crippen LogP contribution in [0.4, 0.5) is 11.4 Å². The van der Waals surface area contributed by atoms with Crippen molar-refractivity contribution in [3.05, 3.63) is 58.8 Å². The highest BCUT2D eigenvalue weighted by Gasteiger charge is 2.24. The molecule has 1 aliphatic heterocycles. The molecule has 5 nitrogen and oxygen atoms in total. The SMILES string of the molecule is CN1CCCc2cc(C=O)cc(N=Cc3cc4ccc(CO)cc4n3CC3CC3)c21. The number of aliphatic hydroxyl groups excluding tert-OH is 1. The molecule has 0 atom stereocenters. The van der Waals surface area contributed by atoms with Crippen molar-refractivity contribution >= 4 is 34.8 Å². The van der Waals surface area contributed by atoms with Crippen molar-refractivity contribution in [1.82, 2.24) is 4.57 Å². The average molecular weight is 402 g/mol. The summed E-state index contributed by atoms with van der Waals surface area (Å²) in [6.07, 6.45) is 7.47. The molecule has 5 rings (SSSR count). The minimum absolute atomic E-state index is 0.0466. The first-order chi connectivity index (χ1) is 14.7. The summed E-state index contributed by atoms with van der Waals surface area (Å²) in [6.45, 7) is 2.03. The van der Waals surface area contributed by atoms with E-state index in [0.29, 0.717) is 5.56 Å². The van der Waals surface area contributed by atoms with Crippen LogP contribution in [-0.2, 0) is 19.6 Å². The minimum Gasteiger partial charge on any atom is -0.392 e. The molecule has 0 bridgehead atoms. The van der Waals surface area contributed by atoms with E-state index in [9.17, 15) is 9.90 Å². The molecule has 154 valence electrons. The Morgan fingerprint density at radius 1 is 1.20 bits per heavy atom. The van der Waals surface area contributed by atoms with Crippen LogP contribution >= 0.6 is 0 Å². The lowest BCUT2D eigenvalue weighted by Crippen LogP contribution is -2.24. The molecule has 1 saturated carbocycles. The van der Waals surface area contributed by atoms with E-state index in [1.54, 1.807) is 0 Å². The van der Waals surface area contributed by atoms with Gasteiger partial charge in [-0.1, -0.05) is 12.1 Å². The molecule has 5 heteroatoms. The molecule has 0 saturated heterocycles. The van der Waals surface area contributed by atoms with Crippen LogP contribution in [0.2, 0.25) is 0 Å². The Morgan fingerprint density at radius 2 is 2.07 bits per heavy atom. The molecule has 2 aromatic carbocycles. The maximum absolute atomic E-state index is 11.5. The van der Waals surface area contributed by atoms with E-state index in [1.807, 2.05) is 24.4 Å². The normalized spacial score (nSPS) is 16.4. The Labute approximate surface area is 176 Å². The standard InChI is InChI=1S/C25H27N3O2/c1-27-8-2-3-21-9-19(16-30)10-23(25(21)27)26-13-22-12-20-7-6-18(15-29)11-24(20)28(22)14-17-4-5-17/h6-7,9-13,16-17,29H,2-5,8,14-15H2,1H3. The lowest BCUT2D eigenvalue weighted by molar-refractivity contribution is 0.112. The van der Waals surface area contributed by atoms with E-state index in [0.717, 1.165) is 71.7 Å². The van der Waals surface area contributed by atoms with Crippen molar-refractivity contribution in [2.45, 2.75) is 38.8 Å². The third kappa shape index (κ3) is 3.54.